The van der Waals surface area contributed by atoms with Crippen molar-refractivity contribution in [2.24, 2.45) is 0 Å². The van der Waals surface area contributed by atoms with Crippen LogP contribution in [0.15, 0.2) is 18.6 Å². The summed E-state index contributed by atoms with van der Waals surface area (Å²) >= 11 is 0. The SMILES string of the molecule is CCN1C(=O)CCC12CCCN(C(=O)c1cnccn1)C2. The van der Waals surface area contributed by atoms with Crippen molar-refractivity contribution in [3.05, 3.63) is 24.3 Å². The Morgan fingerprint density at radius 1 is 1.38 bits per heavy atom. The van der Waals surface area contributed by atoms with Gasteiger partial charge in [0.05, 0.1) is 11.7 Å². The molecule has 6 nitrogen and oxygen atoms in total. The molecule has 112 valence electrons. The predicted octanol–water partition coefficient (Wildman–Crippen LogP) is 1.09. The lowest BCUT2D eigenvalue weighted by Crippen LogP contribution is -2.57. The predicted molar refractivity (Wildman–Crippen MR) is 76.5 cm³/mol. The van der Waals surface area contributed by atoms with E-state index in [0.717, 1.165) is 25.8 Å². The molecule has 0 bridgehead atoms. The molecule has 1 aromatic rings. The maximum Gasteiger partial charge on any atom is 0.274 e. The highest BCUT2D eigenvalue weighted by Gasteiger charge is 2.47. The zero-order chi connectivity index (χ0) is 14.9. The molecule has 21 heavy (non-hydrogen) atoms. The van der Waals surface area contributed by atoms with E-state index >= 15 is 0 Å². The van der Waals surface area contributed by atoms with E-state index in [2.05, 4.69) is 9.97 Å². The average molecular weight is 288 g/mol. The first-order valence-corrected chi connectivity index (χ1v) is 7.52. The Morgan fingerprint density at radius 2 is 2.24 bits per heavy atom. The third kappa shape index (κ3) is 2.39. The Hall–Kier alpha value is -1.98. The number of nitrogens with zero attached hydrogens (tertiary/aromatic N) is 4. The molecule has 1 unspecified atom stereocenters. The number of carbonyl (C=O) groups is 2. The van der Waals surface area contributed by atoms with Gasteiger partial charge in [-0.25, -0.2) is 4.98 Å². The third-order valence-electron chi connectivity index (χ3n) is 4.62. The minimum absolute atomic E-state index is 0.0856. The summed E-state index contributed by atoms with van der Waals surface area (Å²) in [5.41, 5.74) is 0.212. The minimum atomic E-state index is -0.165. The van der Waals surface area contributed by atoms with Crippen molar-refractivity contribution in [2.45, 2.75) is 38.1 Å². The van der Waals surface area contributed by atoms with Crippen molar-refractivity contribution in [3.8, 4) is 0 Å². The van der Waals surface area contributed by atoms with Gasteiger partial charge in [0.25, 0.3) is 5.91 Å². The van der Waals surface area contributed by atoms with Crippen LogP contribution in [0, 0.1) is 0 Å². The van der Waals surface area contributed by atoms with Gasteiger partial charge in [-0.1, -0.05) is 0 Å². The van der Waals surface area contributed by atoms with Gasteiger partial charge in [-0.05, 0) is 26.2 Å². The number of piperidine rings is 1. The molecule has 2 aliphatic rings. The number of amides is 2. The van der Waals surface area contributed by atoms with Crippen molar-refractivity contribution in [1.29, 1.82) is 0 Å². The summed E-state index contributed by atoms with van der Waals surface area (Å²) in [7, 11) is 0. The van der Waals surface area contributed by atoms with Crippen LogP contribution in [-0.2, 0) is 4.79 Å². The number of likely N-dealkylation sites (tertiary alicyclic amines) is 2. The first-order chi connectivity index (χ1) is 10.2. The van der Waals surface area contributed by atoms with Crippen molar-refractivity contribution in [1.82, 2.24) is 19.8 Å². The molecular formula is C15H20N4O2. The molecule has 3 rings (SSSR count). The number of aromatic nitrogens is 2. The summed E-state index contributed by atoms with van der Waals surface area (Å²) in [5, 5.41) is 0. The zero-order valence-corrected chi connectivity index (χ0v) is 12.3. The van der Waals surface area contributed by atoms with Crippen LogP contribution in [0.4, 0.5) is 0 Å². The second-order valence-electron chi connectivity index (χ2n) is 5.78. The maximum atomic E-state index is 12.5. The van der Waals surface area contributed by atoms with Crippen LogP contribution < -0.4 is 0 Å². The highest BCUT2D eigenvalue weighted by molar-refractivity contribution is 5.92. The smallest absolute Gasteiger partial charge is 0.274 e. The lowest BCUT2D eigenvalue weighted by molar-refractivity contribution is -0.132. The Kier molecular flexibility index (Phi) is 3.61. The van der Waals surface area contributed by atoms with Crippen LogP contribution >= 0.6 is 0 Å². The van der Waals surface area contributed by atoms with Gasteiger partial charge in [0.1, 0.15) is 5.69 Å². The van der Waals surface area contributed by atoms with Gasteiger partial charge in [-0.2, -0.15) is 0 Å². The summed E-state index contributed by atoms with van der Waals surface area (Å²) in [6.07, 6.45) is 7.95. The van der Waals surface area contributed by atoms with Crippen LogP contribution in [0.5, 0.6) is 0 Å². The van der Waals surface area contributed by atoms with E-state index in [0.29, 0.717) is 25.2 Å². The summed E-state index contributed by atoms with van der Waals surface area (Å²) in [4.78, 5) is 36.4. The molecule has 0 N–H and O–H groups in total. The molecule has 6 heteroatoms. The summed E-state index contributed by atoms with van der Waals surface area (Å²) in [6.45, 7) is 4.06. The number of carbonyl (C=O) groups excluding carboxylic acids is 2. The van der Waals surface area contributed by atoms with Gasteiger partial charge in [-0.3, -0.25) is 14.6 Å². The molecule has 2 aliphatic heterocycles. The molecule has 0 aromatic carbocycles. The van der Waals surface area contributed by atoms with Gasteiger partial charge in [-0.15, -0.1) is 0 Å². The molecule has 1 spiro atoms. The van der Waals surface area contributed by atoms with Crippen molar-refractivity contribution in [3.63, 3.8) is 0 Å². The van der Waals surface area contributed by atoms with Gasteiger partial charge < -0.3 is 9.80 Å². The van der Waals surface area contributed by atoms with E-state index < -0.39 is 0 Å². The fourth-order valence-corrected chi connectivity index (χ4v) is 3.67. The number of hydrogen-bond donors (Lipinski definition) is 0. The van der Waals surface area contributed by atoms with Gasteiger partial charge >= 0.3 is 0 Å². The van der Waals surface area contributed by atoms with E-state index in [1.54, 1.807) is 6.20 Å². The molecule has 0 aliphatic carbocycles. The fourth-order valence-electron chi connectivity index (χ4n) is 3.67. The van der Waals surface area contributed by atoms with Crippen LogP contribution in [0.1, 0.15) is 43.1 Å². The first-order valence-electron chi connectivity index (χ1n) is 7.52. The van der Waals surface area contributed by atoms with E-state index in [1.165, 1.54) is 12.4 Å². The van der Waals surface area contributed by atoms with E-state index in [4.69, 9.17) is 0 Å². The normalized spacial score (nSPS) is 25.7. The maximum absolute atomic E-state index is 12.5. The number of hydrogen-bond acceptors (Lipinski definition) is 4. The Morgan fingerprint density at radius 3 is 2.95 bits per heavy atom. The van der Waals surface area contributed by atoms with Gasteiger partial charge in [0.15, 0.2) is 0 Å². The third-order valence-corrected chi connectivity index (χ3v) is 4.62. The lowest BCUT2D eigenvalue weighted by Gasteiger charge is -2.45. The standard InChI is InChI=1S/C15H20N4O2/c1-2-19-13(20)4-6-15(19)5-3-9-18(11-15)14(21)12-10-16-7-8-17-12/h7-8,10H,2-6,9,11H2,1H3. The highest BCUT2D eigenvalue weighted by atomic mass is 16.2. The molecular weight excluding hydrogens is 268 g/mol. The summed E-state index contributed by atoms with van der Waals surface area (Å²) in [5.74, 6) is 0.129. The molecule has 2 saturated heterocycles. The molecule has 2 fully saturated rings. The van der Waals surface area contributed by atoms with Crippen LogP contribution in [0.3, 0.4) is 0 Å². The molecule has 0 radical (unpaired) electrons. The highest BCUT2D eigenvalue weighted by Crippen LogP contribution is 2.37. The quantitative estimate of drug-likeness (QED) is 0.817. The van der Waals surface area contributed by atoms with Crippen molar-refractivity contribution in [2.75, 3.05) is 19.6 Å². The van der Waals surface area contributed by atoms with Crippen molar-refractivity contribution < 1.29 is 9.59 Å². The molecule has 1 aromatic heterocycles. The van der Waals surface area contributed by atoms with Crippen LogP contribution in [-0.4, -0.2) is 56.8 Å². The second-order valence-corrected chi connectivity index (χ2v) is 5.78. The second kappa shape index (κ2) is 5.42. The lowest BCUT2D eigenvalue weighted by atomic mass is 9.86. The molecule has 0 saturated carbocycles. The summed E-state index contributed by atoms with van der Waals surface area (Å²) in [6, 6.07) is 0. The van der Waals surface area contributed by atoms with E-state index in [1.807, 2.05) is 16.7 Å². The molecule has 2 amide bonds. The Bertz CT molecular complexity index is 548. The monoisotopic (exact) mass is 288 g/mol. The zero-order valence-electron chi connectivity index (χ0n) is 12.3. The molecule has 1 atom stereocenters. The van der Waals surface area contributed by atoms with E-state index in [-0.39, 0.29) is 17.4 Å². The van der Waals surface area contributed by atoms with Crippen LogP contribution in [0.2, 0.25) is 0 Å². The summed E-state index contributed by atoms with van der Waals surface area (Å²) < 4.78 is 0. The van der Waals surface area contributed by atoms with Gasteiger partial charge in [0, 0.05) is 38.4 Å². The Labute approximate surface area is 124 Å². The molecule has 3 heterocycles. The van der Waals surface area contributed by atoms with Gasteiger partial charge in [0.2, 0.25) is 5.91 Å². The number of rotatable bonds is 2. The Balaban J connectivity index is 1.80. The number of likely N-dealkylation sites (N-methyl/N-ethyl adjacent to an activating group) is 1. The average Bonchev–Trinajstić information content (AvgIpc) is 2.83. The van der Waals surface area contributed by atoms with E-state index in [9.17, 15) is 9.59 Å². The van der Waals surface area contributed by atoms with Crippen LogP contribution in [0.25, 0.3) is 0 Å². The first kappa shape index (κ1) is 14.0. The fraction of sp³-hybridized carbons (Fsp3) is 0.600. The minimum Gasteiger partial charge on any atom is -0.336 e. The largest absolute Gasteiger partial charge is 0.336 e. The van der Waals surface area contributed by atoms with Crippen molar-refractivity contribution >= 4 is 11.8 Å². The topological polar surface area (TPSA) is 66.4 Å².